The predicted molar refractivity (Wildman–Crippen MR) is 87.5 cm³/mol. The van der Waals surface area contributed by atoms with Crippen LogP contribution < -0.4 is 5.32 Å². The maximum Gasteiger partial charge on any atom is 0.0985 e. The molecule has 1 rings (SSSR count). The molecule has 0 bridgehead atoms. The molecule has 2 N–H and O–H groups in total. The highest BCUT2D eigenvalue weighted by molar-refractivity contribution is 7.12. The summed E-state index contributed by atoms with van der Waals surface area (Å²) in [6, 6.07) is 0.376. The normalized spacial score (nSPS) is 13.7. The van der Waals surface area contributed by atoms with E-state index in [1.165, 1.54) is 28.4 Å². The first-order valence-electron chi connectivity index (χ1n) is 7.68. The van der Waals surface area contributed by atoms with Crippen LogP contribution in [0.3, 0.4) is 0 Å². The van der Waals surface area contributed by atoms with E-state index >= 15 is 0 Å². The first-order valence-corrected chi connectivity index (χ1v) is 8.50. The van der Waals surface area contributed by atoms with E-state index in [1.54, 1.807) is 0 Å². The zero-order valence-electron chi connectivity index (χ0n) is 13.6. The fraction of sp³-hybridized carbons (Fsp3) is 0.812. The lowest BCUT2D eigenvalue weighted by atomic mass is 9.98. The molecule has 1 aromatic heterocycles. The molecular formula is C16H30N2OS. The van der Waals surface area contributed by atoms with Crippen molar-refractivity contribution in [3.8, 4) is 0 Å². The van der Waals surface area contributed by atoms with E-state index in [1.807, 2.05) is 11.3 Å². The van der Waals surface area contributed by atoms with Gasteiger partial charge < -0.3 is 10.4 Å². The summed E-state index contributed by atoms with van der Waals surface area (Å²) >= 11 is 1.84. The lowest BCUT2D eigenvalue weighted by Crippen LogP contribution is -2.19. The van der Waals surface area contributed by atoms with E-state index < -0.39 is 0 Å². The van der Waals surface area contributed by atoms with E-state index in [0.29, 0.717) is 12.6 Å². The Morgan fingerprint density at radius 2 is 1.85 bits per heavy atom. The molecule has 1 aromatic rings. The van der Waals surface area contributed by atoms with Crippen LogP contribution in [0.25, 0.3) is 0 Å². The third-order valence-electron chi connectivity index (χ3n) is 3.40. The van der Waals surface area contributed by atoms with Gasteiger partial charge in [0, 0.05) is 22.9 Å². The molecule has 0 aliphatic rings. The van der Waals surface area contributed by atoms with Crippen molar-refractivity contribution in [2.45, 2.75) is 71.8 Å². The zero-order valence-corrected chi connectivity index (χ0v) is 14.4. The number of nitrogens with one attached hydrogen (secondary N) is 1. The Balaban J connectivity index is 2.43. The summed E-state index contributed by atoms with van der Waals surface area (Å²) in [6.45, 7) is 12.3. The average Bonchev–Trinajstić information content (AvgIpc) is 2.75. The topological polar surface area (TPSA) is 45.2 Å². The molecular weight excluding hydrogens is 268 g/mol. The molecule has 116 valence electrons. The Morgan fingerprint density at radius 3 is 2.40 bits per heavy atom. The molecule has 0 fully saturated rings. The van der Waals surface area contributed by atoms with Crippen LogP contribution >= 0.6 is 11.3 Å². The Bertz CT molecular complexity index is 396. The third-order valence-corrected chi connectivity index (χ3v) is 5.17. The van der Waals surface area contributed by atoms with Crippen molar-refractivity contribution >= 4 is 11.3 Å². The molecule has 0 saturated carbocycles. The summed E-state index contributed by atoms with van der Waals surface area (Å²) in [5.74, 6) is 0. The van der Waals surface area contributed by atoms with E-state index in [-0.39, 0.29) is 5.41 Å². The van der Waals surface area contributed by atoms with Crippen LogP contribution in [0.15, 0.2) is 0 Å². The van der Waals surface area contributed by atoms with Crippen molar-refractivity contribution in [1.82, 2.24) is 10.3 Å². The summed E-state index contributed by atoms with van der Waals surface area (Å²) in [5.41, 5.74) is 1.30. The number of thiazole rings is 1. The molecule has 0 amide bonds. The fourth-order valence-corrected chi connectivity index (χ4v) is 3.28. The van der Waals surface area contributed by atoms with Crippen LogP contribution in [0.5, 0.6) is 0 Å². The largest absolute Gasteiger partial charge is 0.396 e. The van der Waals surface area contributed by atoms with Crippen LogP contribution in [0.1, 0.15) is 75.0 Å². The van der Waals surface area contributed by atoms with Crippen molar-refractivity contribution in [1.29, 1.82) is 0 Å². The van der Waals surface area contributed by atoms with Crippen molar-refractivity contribution in [3.05, 3.63) is 15.6 Å². The SMILES string of the molecule is Cc1nc(C(C)(C)C)sc1C(C)NCCCCCCO. The summed E-state index contributed by atoms with van der Waals surface area (Å²) in [4.78, 5) is 6.09. The zero-order chi connectivity index (χ0) is 15.2. The molecule has 3 nitrogen and oxygen atoms in total. The molecule has 0 spiro atoms. The van der Waals surface area contributed by atoms with Gasteiger partial charge in [-0.2, -0.15) is 0 Å². The second-order valence-corrected chi connectivity index (χ2v) is 7.56. The first-order chi connectivity index (χ1) is 9.36. The standard InChI is InChI=1S/C16H30N2OS/c1-12(17-10-8-6-7-9-11-19)14-13(2)18-15(20-14)16(3,4)5/h12,17,19H,6-11H2,1-5H3. The van der Waals surface area contributed by atoms with Crippen LogP contribution in [0.4, 0.5) is 0 Å². The number of aryl methyl sites for hydroxylation is 1. The number of unbranched alkanes of at least 4 members (excludes halogenated alkanes) is 3. The molecule has 1 atom stereocenters. The van der Waals surface area contributed by atoms with Gasteiger partial charge in [-0.25, -0.2) is 4.98 Å². The van der Waals surface area contributed by atoms with Gasteiger partial charge in [0.2, 0.25) is 0 Å². The summed E-state index contributed by atoms with van der Waals surface area (Å²) < 4.78 is 0. The van der Waals surface area contributed by atoms with E-state index in [0.717, 1.165) is 19.4 Å². The Hall–Kier alpha value is -0.450. The molecule has 0 aliphatic carbocycles. The Labute approximate surface area is 127 Å². The van der Waals surface area contributed by atoms with Gasteiger partial charge in [-0.3, -0.25) is 0 Å². The van der Waals surface area contributed by atoms with Crippen LogP contribution in [-0.4, -0.2) is 23.2 Å². The average molecular weight is 298 g/mol. The van der Waals surface area contributed by atoms with Gasteiger partial charge in [0.25, 0.3) is 0 Å². The molecule has 0 saturated heterocycles. The van der Waals surface area contributed by atoms with Crippen LogP contribution in [0.2, 0.25) is 0 Å². The van der Waals surface area contributed by atoms with Gasteiger partial charge in [0.1, 0.15) is 0 Å². The van der Waals surface area contributed by atoms with Crippen molar-refractivity contribution in [3.63, 3.8) is 0 Å². The monoisotopic (exact) mass is 298 g/mol. The lowest BCUT2D eigenvalue weighted by Gasteiger charge is -2.14. The molecule has 0 aromatic carbocycles. The maximum absolute atomic E-state index is 8.74. The van der Waals surface area contributed by atoms with Gasteiger partial charge in [0.15, 0.2) is 0 Å². The minimum Gasteiger partial charge on any atom is -0.396 e. The summed E-state index contributed by atoms with van der Waals surface area (Å²) in [6.07, 6.45) is 4.42. The second-order valence-electron chi connectivity index (χ2n) is 6.53. The smallest absolute Gasteiger partial charge is 0.0985 e. The number of nitrogens with zero attached hydrogens (tertiary/aromatic N) is 1. The first kappa shape index (κ1) is 17.6. The Kier molecular flexibility index (Phi) is 7.13. The highest BCUT2D eigenvalue weighted by Gasteiger charge is 2.22. The lowest BCUT2D eigenvalue weighted by molar-refractivity contribution is 0.282. The maximum atomic E-state index is 8.74. The van der Waals surface area contributed by atoms with E-state index in [2.05, 4.69) is 39.9 Å². The predicted octanol–water partition coefficient (Wildman–Crippen LogP) is 3.95. The minimum atomic E-state index is 0.137. The van der Waals surface area contributed by atoms with Crippen LogP contribution in [-0.2, 0) is 5.41 Å². The summed E-state index contributed by atoms with van der Waals surface area (Å²) in [7, 11) is 0. The molecule has 0 aliphatic heterocycles. The molecule has 1 unspecified atom stereocenters. The number of aliphatic hydroxyl groups excluding tert-OH is 1. The van der Waals surface area contributed by atoms with E-state index in [4.69, 9.17) is 10.1 Å². The molecule has 4 heteroatoms. The van der Waals surface area contributed by atoms with Gasteiger partial charge in [0.05, 0.1) is 10.7 Å². The minimum absolute atomic E-state index is 0.137. The van der Waals surface area contributed by atoms with Gasteiger partial charge in [-0.05, 0) is 33.2 Å². The number of hydrogen-bond donors (Lipinski definition) is 2. The van der Waals surface area contributed by atoms with Gasteiger partial charge in [-0.15, -0.1) is 11.3 Å². The number of hydrogen-bond acceptors (Lipinski definition) is 4. The number of aromatic nitrogens is 1. The molecule has 0 radical (unpaired) electrons. The second kappa shape index (κ2) is 8.11. The van der Waals surface area contributed by atoms with Crippen molar-refractivity contribution in [2.24, 2.45) is 0 Å². The highest BCUT2D eigenvalue weighted by atomic mass is 32.1. The van der Waals surface area contributed by atoms with Crippen LogP contribution in [0, 0.1) is 6.92 Å². The van der Waals surface area contributed by atoms with E-state index in [9.17, 15) is 0 Å². The third kappa shape index (κ3) is 5.51. The molecule has 1 heterocycles. The number of rotatable bonds is 8. The van der Waals surface area contributed by atoms with Crippen molar-refractivity contribution < 1.29 is 5.11 Å². The molecule has 20 heavy (non-hydrogen) atoms. The Morgan fingerprint density at radius 1 is 1.20 bits per heavy atom. The number of aliphatic hydroxyl groups is 1. The fourth-order valence-electron chi connectivity index (χ4n) is 2.13. The quantitative estimate of drug-likeness (QED) is 0.714. The van der Waals surface area contributed by atoms with Crippen molar-refractivity contribution in [2.75, 3.05) is 13.2 Å². The summed E-state index contributed by atoms with van der Waals surface area (Å²) in [5, 5.41) is 13.6. The highest BCUT2D eigenvalue weighted by Crippen LogP contribution is 2.32. The van der Waals surface area contributed by atoms with Gasteiger partial charge >= 0.3 is 0 Å². The van der Waals surface area contributed by atoms with Gasteiger partial charge in [-0.1, -0.05) is 33.6 Å².